The van der Waals surface area contributed by atoms with Gasteiger partial charge in [-0.2, -0.15) is 0 Å². The number of ether oxygens (including phenoxy) is 2. The third-order valence-electron chi connectivity index (χ3n) is 2.75. The van der Waals surface area contributed by atoms with Crippen LogP contribution in [0, 0.1) is 0 Å². The fourth-order valence-corrected chi connectivity index (χ4v) is 2.13. The number of fused-ring (bicyclic) bond motifs is 1. The molecule has 0 unspecified atom stereocenters. The molecule has 1 aromatic rings. The molecule has 7 heteroatoms. The molecule has 1 aliphatic heterocycles. The summed E-state index contributed by atoms with van der Waals surface area (Å²) in [7, 11) is 1.72. The Kier molecular flexibility index (Phi) is 7.66. The molecule has 0 atom stereocenters. The van der Waals surface area contributed by atoms with Crippen LogP contribution in [0.4, 0.5) is 0 Å². The summed E-state index contributed by atoms with van der Waals surface area (Å²) in [5, 5.41) is 6.85. The quantitative estimate of drug-likeness (QED) is 0.338. The van der Waals surface area contributed by atoms with Crippen LogP contribution in [0.15, 0.2) is 29.8 Å². The van der Waals surface area contributed by atoms with Crippen molar-refractivity contribution in [3.05, 3.63) is 35.4 Å². The number of rotatable bonds is 4. The Labute approximate surface area is 146 Å². The second-order valence-corrected chi connectivity index (χ2v) is 4.60. The first kappa shape index (κ1) is 17.9. The van der Waals surface area contributed by atoms with E-state index in [9.17, 15) is 0 Å². The van der Waals surface area contributed by atoms with Crippen LogP contribution in [-0.4, -0.2) is 32.8 Å². The van der Waals surface area contributed by atoms with E-state index in [2.05, 4.69) is 22.2 Å². The van der Waals surface area contributed by atoms with E-state index in [1.165, 1.54) is 0 Å². The molecular weight excluding hydrogens is 405 g/mol. The van der Waals surface area contributed by atoms with Gasteiger partial charge in [-0.1, -0.05) is 17.7 Å². The second kappa shape index (κ2) is 8.99. The fraction of sp³-hybridized carbons (Fsp3) is 0.357. The Bertz CT molecular complexity index is 523. The predicted molar refractivity (Wildman–Crippen MR) is 96.3 cm³/mol. The van der Waals surface area contributed by atoms with Crippen molar-refractivity contribution in [1.29, 1.82) is 0 Å². The van der Waals surface area contributed by atoms with Gasteiger partial charge in [0.25, 0.3) is 0 Å². The SMILES string of the molecule is C=CCNC(=NC)NCc1cc(Cl)c2c(c1)OCCO2.I. The average Bonchev–Trinajstić information content (AvgIpc) is 2.47. The number of hydrogen-bond acceptors (Lipinski definition) is 3. The normalized spacial score (nSPS) is 13.1. The summed E-state index contributed by atoms with van der Waals surface area (Å²) < 4.78 is 11.0. The van der Waals surface area contributed by atoms with Crippen LogP contribution in [0.2, 0.25) is 5.02 Å². The highest BCUT2D eigenvalue weighted by atomic mass is 127. The maximum absolute atomic E-state index is 6.19. The van der Waals surface area contributed by atoms with Gasteiger partial charge in [0.1, 0.15) is 13.2 Å². The second-order valence-electron chi connectivity index (χ2n) is 4.20. The molecule has 21 heavy (non-hydrogen) atoms. The van der Waals surface area contributed by atoms with Gasteiger partial charge in [-0.3, -0.25) is 4.99 Å². The maximum Gasteiger partial charge on any atom is 0.191 e. The minimum atomic E-state index is 0. The smallest absolute Gasteiger partial charge is 0.191 e. The van der Waals surface area contributed by atoms with E-state index in [1.807, 2.05) is 12.1 Å². The van der Waals surface area contributed by atoms with E-state index in [4.69, 9.17) is 21.1 Å². The zero-order valence-electron chi connectivity index (χ0n) is 11.8. The topological polar surface area (TPSA) is 54.9 Å². The van der Waals surface area contributed by atoms with Gasteiger partial charge >= 0.3 is 0 Å². The van der Waals surface area contributed by atoms with Gasteiger partial charge in [0, 0.05) is 20.1 Å². The van der Waals surface area contributed by atoms with E-state index in [1.54, 1.807) is 13.1 Å². The van der Waals surface area contributed by atoms with Crippen LogP contribution in [0.1, 0.15) is 5.56 Å². The summed E-state index contributed by atoms with van der Waals surface area (Å²) in [5.74, 6) is 2.02. The zero-order chi connectivity index (χ0) is 14.4. The predicted octanol–water partition coefficient (Wildman–Crippen LogP) is 2.58. The lowest BCUT2D eigenvalue weighted by atomic mass is 10.2. The first-order chi connectivity index (χ1) is 9.74. The Balaban J connectivity index is 0.00000220. The summed E-state index contributed by atoms with van der Waals surface area (Å²) in [5.41, 5.74) is 1.00. The van der Waals surface area contributed by atoms with Crippen LogP contribution in [0.25, 0.3) is 0 Å². The van der Waals surface area contributed by atoms with Gasteiger partial charge < -0.3 is 20.1 Å². The molecule has 0 saturated heterocycles. The number of nitrogens with zero attached hydrogens (tertiary/aromatic N) is 1. The molecule has 5 nitrogen and oxygen atoms in total. The summed E-state index contributed by atoms with van der Waals surface area (Å²) in [4.78, 5) is 4.11. The van der Waals surface area contributed by atoms with Crippen molar-refractivity contribution in [3.8, 4) is 11.5 Å². The molecule has 0 spiro atoms. The molecule has 0 fully saturated rings. The summed E-state index contributed by atoms with van der Waals surface area (Å²) in [6, 6.07) is 3.79. The number of guanidine groups is 1. The molecule has 1 aliphatic rings. The molecule has 0 bridgehead atoms. The molecule has 0 radical (unpaired) electrons. The van der Waals surface area contributed by atoms with E-state index in [0.29, 0.717) is 48.8 Å². The van der Waals surface area contributed by atoms with Gasteiger partial charge in [0.05, 0.1) is 5.02 Å². The highest BCUT2D eigenvalue weighted by Crippen LogP contribution is 2.38. The van der Waals surface area contributed by atoms with E-state index in [-0.39, 0.29) is 24.0 Å². The highest BCUT2D eigenvalue weighted by Gasteiger charge is 2.16. The summed E-state index contributed by atoms with van der Waals surface area (Å²) in [6.07, 6.45) is 1.77. The molecule has 0 aliphatic carbocycles. The first-order valence-corrected chi connectivity index (χ1v) is 6.76. The van der Waals surface area contributed by atoms with Crippen molar-refractivity contribution in [1.82, 2.24) is 10.6 Å². The molecule has 1 heterocycles. The lowest BCUT2D eigenvalue weighted by Gasteiger charge is -2.20. The number of halogens is 2. The standard InChI is InChI=1S/C14H18ClN3O2.HI/c1-3-4-17-14(16-2)18-9-10-7-11(15)13-12(8-10)19-5-6-20-13;/h3,7-8H,1,4-6,9H2,2H3,(H2,16,17,18);1H. The number of nitrogens with one attached hydrogen (secondary N) is 2. The molecule has 116 valence electrons. The molecule has 0 aromatic heterocycles. The Morgan fingerprint density at radius 2 is 2.14 bits per heavy atom. The van der Waals surface area contributed by atoms with Crippen LogP contribution in [0.3, 0.4) is 0 Å². The number of benzene rings is 1. The lowest BCUT2D eigenvalue weighted by molar-refractivity contribution is 0.171. The first-order valence-electron chi connectivity index (χ1n) is 6.38. The highest BCUT2D eigenvalue weighted by molar-refractivity contribution is 14.0. The third-order valence-corrected chi connectivity index (χ3v) is 3.03. The molecule has 1 aromatic carbocycles. The van der Waals surface area contributed by atoms with Gasteiger partial charge in [-0.15, -0.1) is 30.6 Å². The number of hydrogen-bond donors (Lipinski definition) is 2. The Morgan fingerprint density at radius 3 is 2.86 bits per heavy atom. The van der Waals surface area contributed by atoms with Crippen LogP contribution in [-0.2, 0) is 6.54 Å². The van der Waals surface area contributed by atoms with Crippen molar-refractivity contribution in [2.75, 3.05) is 26.8 Å². The van der Waals surface area contributed by atoms with Crippen molar-refractivity contribution in [2.45, 2.75) is 6.54 Å². The van der Waals surface area contributed by atoms with Crippen molar-refractivity contribution < 1.29 is 9.47 Å². The van der Waals surface area contributed by atoms with E-state index >= 15 is 0 Å². The van der Waals surface area contributed by atoms with E-state index < -0.39 is 0 Å². The van der Waals surface area contributed by atoms with Crippen molar-refractivity contribution in [3.63, 3.8) is 0 Å². The van der Waals surface area contributed by atoms with Crippen LogP contribution >= 0.6 is 35.6 Å². The molecule has 2 rings (SSSR count). The third kappa shape index (κ3) is 4.96. The molecule has 2 N–H and O–H groups in total. The van der Waals surface area contributed by atoms with Gasteiger partial charge in [-0.05, 0) is 17.7 Å². The Morgan fingerprint density at radius 1 is 1.38 bits per heavy atom. The average molecular weight is 424 g/mol. The summed E-state index contributed by atoms with van der Waals surface area (Å²) in [6.45, 7) is 5.97. The zero-order valence-corrected chi connectivity index (χ0v) is 14.9. The van der Waals surface area contributed by atoms with Gasteiger partial charge in [0.2, 0.25) is 0 Å². The van der Waals surface area contributed by atoms with Gasteiger partial charge in [-0.25, -0.2) is 0 Å². The van der Waals surface area contributed by atoms with E-state index in [0.717, 1.165) is 5.56 Å². The van der Waals surface area contributed by atoms with Crippen LogP contribution < -0.4 is 20.1 Å². The fourth-order valence-electron chi connectivity index (χ4n) is 1.84. The minimum absolute atomic E-state index is 0. The molecule has 0 saturated carbocycles. The maximum atomic E-state index is 6.19. The van der Waals surface area contributed by atoms with Crippen molar-refractivity contribution in [2.24, 2.45) is 4.99 Å². The van der Waals surface area contributed by atoms with Gasteiger partial charge in [0.15, 0.2) is 17.5 Å². The minimum Gasteiger partial charge on any atom is -0.486 e. The summed E-state index contributed by atoms with van der Waals surface area (Å²) >= 11 is 6.19. The lowest BCUT2D eigenvalue weighted by Crippen LogP contribution is -2.36. The molecular formula is C14H19ClIN3O2. The number of aliphatic imine (C=N–C) groups is 1. The largest absolute Gasteiger partial charge is 0.486 e. The monoisotopic (exact) mass is 423 g/mol. The molecule has 0 amide bonds. The van der Waals surface area contributed by atoms with Crippen molar-refractivity contribution >= 4 is 41.5 Å². The van der Waals surface area contributed by atoms with Crippen LogP contribution in [0.5, 0.6) is 11.5 Å². The Hall–Kier alpha value is -1.15.